The molecule has 1 heterocycles. The van der Waals surface area contributed by atoms with Crippen molar-refractivity contribution in [2.75, 3.05) is 26.2 Å². The molecule has 19 heavy (non-hydrogen) atoms. The summed E-state index contributed by atoms with van der Waals surface area (Å²) in [6, 6.07) is 0.406. The van der Waals surface area contributed by atoms with Gasteiger partial charge in [0.05, 0.1) is 24.4 Å². The summed E-state index contributed by atoms with van der Waals surface area (Å²) in [5.74, 6) is 0.633. The Bertz CT molecular complexity index is 284. The molecule has 1 saturated heterocycles. The predicted octanol–water partition coefficient (Wildman–Crippen LogP) is 1.23. The van der Waals surface area contributed by atoms with E-state index in [1.54, 1.807) is 0 Å². The van der Waals surface area contributed by atoms with E-state index in [9.17, 15) is 5.11 Å². The molecule has 0 aromatic rings. The molecule has 112 valence electrons. The van der Waals surface area contributed by atoms with Gasteiger partial charge in [0.2, 0.25) is 0 Å². The number of aliphatic hydroxyl groups is 1. The fraction of sp³-hybridized carbons (Fsp3) is 1.00. The van der Waals surface area contributed by atoms with Gasteiger partial charge in [-0.1, -0.05) is 13.8 Å². The summed E-state index contributed by atoms with van der Waals surface area (Å²) < 4.78 is 5.80. The van der Waals surface area contributed by atoms with Crippen LogP contribution in [0.2, 0.25) is 0 Å². The van der Waals surface area contributed by atoms with E-state index in [1.165, 1.54) is 12.8 Å². The Balaban J connectivity index is 2.02. The summed E-state index contributed by atoms with van der Waals surface area (Å²) in [5, 5.41) is 13.6. The van der Waals surface area contributed by atoms with Crippen LogP contribution in [0.1, 0.15) is 40.5 Å². The molecule has 0 aromatic heterocycles. The molecule has 0 aromatic carbocycles. The van der Waals surface area contributed by atoms with Crippen molar-refractivity contribution in [3.05, 3.63) is 0 Å². The monoisotopic (exact) mass is 270 g/mol. The number of morpholine rings is 1. The molecule has 1 saturated carbocycles. The van der Waals surface area contributed by atoms with Crippen LogP contribution in [0.4, 0.5) is 0 Å². The highest BCUT2D eigenvalue weighted by molar-refractivity contribution is 5.04. The van der Waals surface area contributed by atoms with Crippen LogP contribution < -0.4 is 5.32 Å². The Morgan fingerprint density at radius 1 is 1.26 bits per heavy atom. The molecular weight excluding hydrogens is 240 g/mol. The Hall–Kier alpha value is -0.160. The van der Waals surface area contributed by atoms with Gasteiger partial charge in [0.15, 0.2) is 0 Å². The molecule has 0 spiro atoms. The van der Waals surface area contributed by atoms with E-state index in [0.29, 0.717) is 24.2 Å². The van der Waals surface area contributed by atoms with E-state index in [-0.39, 0.29) is 12.1 Å². The van der Waals surface area contributed by atoms with Crippen LogP contribution in [0.5, 0.6) is 0 Å². The van der Waals surface area contributed by atoms with Crippen LogP contribution in [0.3, 0.4) is 0 Å². The highest BCUT2D eigenvalue weighted by Crippen LogP contribution is 2.40. The molecule has 0 radical (unpaired) electrons. The van der Waals surface area contributed by atoms with E-state index in [0.717, 1.165) is 19.6 Å². The van der Waals surface area contributed by atoms with Crippen molar-refractivity contribution in [2.45, 2.75) is 64.3 Å². The Morgan fingerprint density at radius 2 is 1.84 bits per heavy atom. The van der Waals surface area contributed by atoms with Crippen molar-refractivity contribution in [1.29, 1.82) is 0 Å². The van der Waals surface area contributed by atoms with Gasteiger partial charge in [-0.3, -0.25) is 4.90 Å². The number of aliphatic hydroxyl groups excluding tert-OH is 1. The number of ether oxygens (including phenoxy) is 1. The largest absolute Gasteiger partial charge is 0.394 e. The number of nitrogens with one attached hydrogen (secondary N) is 1. The molecule has 4 heteroatoms. The second kappa shape index (κ2) is 6.08. The van der Waals surface area contributed by atoms with Crippen LogP contribution in [-0.2, 0) is 4.74 Å². The van der Waals surface area contributed by atoms with Crippen molar-refractivity contribution >= 4 is 0 Å². The second-order valence-electron chi connectivity index (χ2n) is 6.84. The van der Waals surface area contributed by atoms with E-state index in [1.807, 2.05) is 0 Å². The normalized spacial score (nSPS) is 32.5. The highest BCUT2D eigenvalue weighted by Gasteiger charge is 2.46. The Labute approximate surface area is 117 Å². The van der Waals surface area contributed by atoms with E-state index in [4.69, 9.17) is 4.74 Å². The Kier molecular flexibility index (Phi) is 4.88. The highest BCUT2D eigenvalue weighted by atomic mass is 16.5. The zero-order valence-corrected chi connectivity index (χ0v) is 12.9. The summed E-state index contributed by atoms with van der Waals surface area (Å²) in [6.07, 6.45) is 3.07. The van der Waals surface area contributed by atoms with Gasteiger partial charge in [-0.05, 0) is 32.6 Å². The lowest BCUT2D eigenvalue weighted by Crippen LogP contribution is -2.62. The molecule has 2 fully saturated rings. The zero-order valence-electron chi connectivity index (χ0n) is 12.9. The van der Waals surface area contributed by atoms with Crippen LogP contribution in [-0.4, -0.2) is 60.0 Å². The first-order valence-corrected chi connectivity index (χ1v) is 7.71. The molecule has 3 unspecified atom stereocenters. The number of hydrogen-bond donors (Lipinski definition) is 2. The fourth-order valence-corrected chi connectivity index (χ4v) is 3.54. The van der Waals surface area contributed by atoms with Gasteiger partial charge >= 0.3 is 0 Å². The van der Waals surface area contributed by atoms with Gasteiger partial charge in [0.1, 0.15) is 0 Å². The minimum Gasteiger partial charge on any atom is -0.394 e. The maximum atomic E-state index is 9.98. The van der Waals surface area contributed by atoms with E-state index < -0.39 is 0 Å². The first-order chi connectivity index (χ1) is 8.95. The first-order valence-electron chi connectivity index (χ1n) is 7.71. The molecule has 2 rings (SSSR count). The van der Waals surface area contributed by atoms with Gasteiger partial charge in [0.25, 0.3) is 0 Å². The van der Waals surface area contributed by atoms with Crippen LogP contribution in [0.25, 0.3) is 0 Å². The van der Waals surface area contributed by atoms with Gasteiger partial charge in [-0.2, -0.15) is 0 Å². The third-order valence-corrected chi connectivity index (χ3v) is 4.22. The minimum atomic E-state index is -0.120. The molecule has 0 amide bonds. The summed E-state index contributed by atoms with van der Waals surface area (Å²) in [6.45, 7) is 11.7. The smallest absolute Gasteiger partial charge is 0.0678 e. The predicted molar refractivity (Wildman–Crippen MR) is 77.3 cm³/mol. The third kappa shape index (κ3) is 3.91. The topological polar surface area (TPSA) is 44.7 Å². The van der Waals surface area contributed by atoms with E-state index >= 15 is 0 Å². The summed E-state index contributed by atoms with van der Waals surface area (Å²) in [7, 11) is 0. The van der Waals surface area contributed by atoms with Gasteiger partial charge < -0.3 is 15.2 Å². The average Bonchev–Trinajstić information content (AvgIpc) is 3.09. The molecule has 1 aliphatic heterocycles. The van der Waals surface area contributed by atoms with Crippen molar-refractivity contribution in [2.24, 2.45) is 5.92 Å². The van der Waals surface area contributed by atoms with Gasteiger partial charge in [-0.15, -0.1) is 0 Å². The quantitative estimate of drug-likeness (QED) is 0.762. The first kappa shape index (κ1) is 15.2. The molecule has 4 nitrogen and oxygen atoms in total. The van der Waals surface area contributed by atoms with Gasteiger partial charge in [-0.25, -0.2) is 0 Å². The SMILES string of the molecule is CC(C)NC(CO)(CN1CC(C)OC(C)C1)C1CC1. The maximum absolute atomic E-state index is 9.98. The number of nitrogens with zero attached hydrogens (tertiary/aromatic N) is 1. The second-order valence-corrected chi connectivity index (χ2v) is 6.84. The lowest BCUT2D eigenvalue weighted by atomic mass is 9.91. The fourth-order valence-electron chi connectivity index (χ4n) is 3.54. The summed E-state index contributed by atoms with van der Waals surface area (Å²) in [5.41, 5.74) is -0.120. The molecule has 1 aliphatic carbocycles. The van der Waals surface area contributed by atoms with Crippen molar-refractivity contribution in [3.8, 4) is 0 Å². The molecular formula is C15H30N2O2. The standard InChI is InChI=1S/C15H30N2O2/c1-11(2)16-15(10-18,14-5-6-14)9-17-7-12(3)19-13(4)8-17/h11-14,16,18H,5-10H2,1-4H3. The van der Waals surface area contributed by atoms with Crippen LogP contribution in [0.15, 0.2) is 0 Å². The molecule has 2 N–H and O–H groups in total. The molecule has 3 atom stereocenters. The van der Waals surface area contributed by atoms with Crippen molar-refractivity contribution in [3.63, 3.8) is 0 Å². The van der Waals surface area contributed by atoms with Gasteiger partial charge in [0, 0.05) is 25.7 Å². The number of hydrogen-bond acceptors (Lipinski definition) is 4. The number of rotatable bonds is 6. The van der Waals surface area contributed by atoms with Crippen LogP contribution >= 0.6 is 0 Å². The zero-order chi connectivity index (χ0) is 14.0. The van der Waals surface area contributed by atoms with Crippen LogP contribution in [0, 0.1) is 5.92 Å². The average molecular weight is 270 g/mol. The van der Waals surface area contributed by atoms with E-state index in [2.05, 4.69) is 37.9 Å². The minimum absolute atomic E-state index is 0.120. The lowest BCUT2D eigenvalue weighted by molar-refractivity contribution is -0.0787. The molecule has 2 aliphatic rings. The van der Waals surface area contributed by atoms with Crippen molar-refractivity contribution in [1.82, 2.24) is 10.2 Å². The molecule has 0 bridgehead atoms. The third-order valence-electron chi connectivity index (χ3n) is 4.22. The van der Waals surface area contributed by atoms with Crippen molar-refractivity contribution < 1.29 is 9.84 Å². The summed E-state index contributed by atoms with van der Waals surface area (Å²) in [4.78, 5) is 2.46. The Morgan fingerprint density at radius 3 is 2.26 bits per heavy atom. The maximum Gasteiger partial charge on any atom is 0.0678 e. The lowest BCUT2D eigenvalue weighted by Gasteiger charge is -2.43. The summed E-state index contributed by atoms with van der Waals surface area (Å²) >= 11 is 0.